The molecule has 1 unspecified atom stereocenters. The zero-order valence-corrected chi connectivity index (χ0v) is 14.9. The van der Waals surface area contributed by atoms with E-state index in [0.29, 0.717) is 6.54 Å². The number of halogens is 3. The Bertz CT molecular complexity index is 751. The quantitative estimate of drug-likeness (QED) is 0.814. The minimum absolute atomic E-state index is 0.0970. The summed E-state index contributed by atoms with van der Waals surface area (Å²) in [6.45, 7) is 7.55. The van der Waals surface area contributed by atoms with Gasteiger partial charge in [-0.15, -0.1) is 0 Å². The minimum atomic E-state index is -4.53. The Kier molecular flexibility index (Phi) is 6.01. The molecule has 1 atom stereocenters. The number of alkyl halides is 3. The summed E-state index contributed by atoms with van der Waals surface area (Å²) >= 11 is 0. The lowest BCUT2D eigenvalue weighted by Crippen LogP contribution is -2.31. The van der Waals surface area contributed by atoms with Gasteiger partial charge >= 0.3 is 6.18 Å². The summed E-state index contributed by atoms with van der Waals surface area (Å²) in [5, 5.41) is 4.13. The van der Waals surface area contributed by atoms with E-state index in [4.69, 9.17) is 5.73 Å². The number of hydrogen-bond donors (Lipinski definition) is 1. The van der Waals surface area contributed by atoms with Crippen LogP contribution in [0.15, 0.2) is 24.4 Å². The normalized spacial score (nSPS) is 13.2. The Morgan fingerprint density at radius 2 is 1.92 bits per heavy atom. The van der Waals surface area contributed by atoms with Gasteiger partial charge < -0.3 is 10.6 Å². The number of primary amides is 1. The van der Waals surface area contributed by atoms with Crippen molar-refractivity contribution in [2.75, 3.05) is 19.6 Å². The van der Waals surface area contributed by atoms with Gasteiger partial charge in [0.25, 0.3) is 0 Å². The van der Waals surface area contributed by atoms with Crippen LogP contribution in [0.3, 0.4) is 0 Å². The first-order valence-electron chi connectivity index (χ1n) is 8.32. The van der Waals surface area contributed by atoms with Crippen LogP contribution in [0.5, 0.6) is 0 Å². The highest BCUT2D eigenvalue weighted by atomic mass is 19.4. The van der Waals surface area contributed by atoms with E-state index < -0.39 is 23.8 Å². The maximum absolute atomic E-state index is 13.5. The van der Waals surface area contributed by atoms with Crippen molar-refractivity contribution in [3.8, 4) is 11.4 Å². The fourth-order valence-corrected chi connectivity index (χ4v) is 2.69. The van der Waals surface area contributed by atoms with Gasteiger partial charge in [0.1, 0.15) is 11.4 Å². The summed E-state index contributed by atoms with van der Waals surface area (Å²) in [4.78, 5) is 17.1. The van der Waals surface area contributed by atoms with E-state index >= 15 is 0 Å². The smallest absolute Gasteiger partial charge is 0.366 e. The second kappa shape index (κ2) is 7.86. The Labute approximate surface area is 149 Å². The predicted octanol–water partition coefficient (Wildman–Crippen LogP) is 2.97. The van der Waals surface area contributed by atoms with Crippen LogP contribution in [0.25, 0.3) is 11.4 Å². The number of aromatic nitrogens is 3. The molecule has 0 saturated carbocycles. The molecule has 2 N–H and O–H groups in total. The fraction of sp³-hybridized carbons (Fsp3) is 0.471. The van der Waals surface area contributed by atoms with Gasteiger partial charge in [-0.3, -0.25) is 14.5 Å². The molecule has 1 amide bonds. The molecule has 0 fully saturated rings. The van der Waals surface area contributed by atoms with Crippen molar-refractivity contribution in [1.29, 1.82) is 0 Å². The summed E-state index contributed by atoms with van der Waals surface area (Å²) in [7, 11) is 0. The average Bonchev–Trinajstić information content (AvgIpc) is 3.05. The zero-order chi connectivity index (χ0) is 19.5. The lowest BCUT2D eigenvalue weighted by atomic mass is 10.2. The topological polar surface area (TPSA) is 77.0 Å². The molecule has 0 aromatic carbocycles. The number of hydrogen-bond acceptors (Lipinski definition) is 4. The molecule has 0 saturated heterocycles. The Balaban J connectivity index is 2.41. The van der Waals surface area contributed by atoms with E-state index in [0.717, 1.165) is 23.8 Å². The highest BCUT2D eigenvalue weighted by molar-refractivity contribution is 5.92. The maximum Gasteiger partial charge on any atom is 0.433 e. The molecule has 0 aliphatic carbocycles. The van der Waals surface area contributed by atoms with Gasteiger partial charge in [0.05, 0.1) is 17.3 Å². The summed E-state index contributed by atoms with van der Waals surface area (Å²) in [6, 6.07) is 3.36. The highest BCUT2D eigenvalue weighted by Crippen LogP contribution is 2.33. The van der Waals surface area contributed by atoms with E-state index in [1.807, 2.05) is 18.7 Å². The van der Waals surface area contributed by atoms with E-state index in [2.05, 4.69) is 10.1 Å². The SMILES string of the molecule is CCN(CC)CC(C)n1nc(-c2ccc(C(N)=O)cn2)cc1C(F)(F)F. The molecular weight excluding hydrogens is 347 g/mol. The molecule has 2 aromatic rings. The van der Waals surface area contributed by atoms with Crippen LogP contribution in [0.2, 0.25) is 0 Å². The average molecular weight is 369 g/mol. The lowest BCUT2D eigenvalue weighted by Gasteiger charge is -2.24. The van der Waals surface area contributed by atoms with E-state index in [-0.39, 0.29) is 17.0 Å². The van der Waals surface area contributed by atoms with Gasteiger partial charge in [-0.2, -0.15) is 18.3 Å². The predicted molar refractivity (Wildman–Crippen MR) is 91.5 cm³/mol. The molecule has 0 bridgehead atoms. The van der Waals surface area contributed by atoms with Crippen molar-refractivity contribution < 1.29 is 18.0 Å². The first-order chi connectivity index (χ1) is 12.2. The lowest BCUT2D eigenvalue weighted by molar-refractivity contribution is -0.145. The third-order valence-electron chi connectivity index (χ3n) is 4.17. The van der Waals surface area contributed by atoms with Crippen LogP contribution >= 0.6 is 0 Å². The second-order valence-corrected chi connectivity index (χ2v) is 5.99. The number of amides is 1. The second-order valence-electron chi connectivity index (χ2n) is 5.99. The Hall–Kier alpha value is -2.42. The van der Waals surface area contributed by atoms with Gasteiger partial charge in [-0.1, -0.05) is 13.8 Å². The zero-order valence-electron chi connectivity index (χ0n) is 14.9. The number of rotatable bonds is 7. The van der Waals surface area contributed by atoms with Crippen molar-refractivity contribution >= 4 is 5.91 Å². The number of pyridine rings is 1. The van der Waals surface area contributed by atoms with E-state index in [1.165, 1.54) is 18.3 Å². The van der Waals surface area contributed by atoms with Crippen LogP contribution in [0.1, 0.15) is 42.9 Å². The third kappa shape index (κ3) is 4.40. The molecule has 0 aliphatic rings. The van der Waals surface area contributed by atoms with Gasteiger partial charge in [-0.05, 0) is 38.2 Å². The summed E-state index contributed by atoms with van der Waals surface area (Å²) < 4.78 is 41.4. The Morgan fingerprint density at radius 1 is 1.27 bits per heavy atom. The molecule has 26 heavy (non-hydrogen) atoms. The molecule has 0 aliphatic heterocycles. The van der Waals surface area contributed by atoms with Gasteiger partial charge in [-0.25, -0.2) is 0 Å². The number of carbonyl (C=O) groups excluding carboxylic acids is 1. The molecule has 9 heteroatoms. The van der Waals surface area contributed by atoms with Gasteiger partial charge in [0, 0.05) is 12.7 Å². The molecule has 6 nitrogen and oxygen atoms in total. The number of carbonyl (C=O) groups is 1. The van der Waals surface area contributed by atoms with Crippen molar-refractivity contribution in [2.24, 2.45) is 5.73 Å². The van der Waals surface area contributed by atoms with E-state index in [9.17, 15) is 18.0 Å². The van der Waals surface area contributed by atoms with Gasteiger partial charge in [0.15, 0.2) is 0 Å². The highest BCUT2D eigenvalue weighted by Gasteiger charge is 2.37. The molecular formula is C17H22F3N5O. The van der Waals surface area contributed by atoms with Crippen molar-refractivity contribution in [1.82, 2.24) is 19.7 Å². The minimum Gasteiger partial charge on any atom is -0.366 e. The van der Waals surface area contributed by atoms with Crippen LogP contribution < -0.4 is 5.73 Å². The van der Waals surface area contributed by atoms with Crippen molar-refractivity contribution in [3.05, 3.63) is 35.7 Å². The summed E-state index contributed by atoms with van der Waals surface area (Å²) in [5.41, 5.74) is 4.84. The monoisotopic (exact) mass is 369 g/mol. The standard InChI is InChI=1S/C17H22F3N5O/c1-4-24(5-2)10-11(3)25-15(17(18,19)20)8-14(23-25)13-7-6-12(9-22-13)16(21)26/h6-9,11H,4-5,10H2,1-3H3,(H2,21,26). The molecule has 0 radical (unpaired) electrons. The van der Waals surface area contributed by atoms with Crippen molar-refractivity contribution in [2.45, 2.75) is 33.0 Å². The first kappa shape index (κ1) is 19.9. The molecule has 2 heterocycles. The molecule has 0 spiro atoms. The Morgan fingerprint density at radius 3 is 2.38 bits per heavy atom. The largest absolute Gasteiger partial charge is 0.433 e. The molecule has 142 valence electrons. The fourth-order valence-electron chi connectivity index (χ4n) is 2.69. The van der Waals surface area contributed by atoms with Crippen LogP contribution in [0, 0.1) is 0 Å². The third-order valence-corrected chi connectivity index (χ3v) is 4.17. The number of likely N-dealkylation sites (N-methyl/N-ethyl adjacent to an activating group) is 1. The first-order valence-corrected chi connectivity index (χ1v) is 8.32. The number of nitrogens with two attached hydrogens (primary N) is 1. The summed E-state index contributed by atoms with van der Waals surface area (Å²) in [6.07, 6.45) is -3.31. The van der Waals surface area contributed by atoms with Crippen molar-refractivity contribution in [3.63, 3.8) is 0 Å². The van der Waals surface area contributed by atoms with E-state index in [1.54, 1.807) is 6.92 Å². The molecule has 2 aromatic heterocycles. The summed E-state index contributed by atoms with van der Waals surface area (Å²) in [5.74, 6) is -0.654. The molecule has 2 rings (SSSR count). The van der Waals surface area contributed by atoms with Crippen LogP contribution in [-0.2, 0) is 6.18 Å². The number of nitrogens with zero attached hydrogens (tertiary/aromatic N) is 4. The maximum atomic E-state index is 13.5. The van der Waals surface area contributed by atoms with Crippen LogP contribution in [0.4, 0.5) is 13.2 Å². The van der Waals surface area contributed by atoms with Gasteiger partial charge in [0.2, 0.25) is 5.91 Å². The van der Waals surface area contributed by atoms with Crippen LogP contribution in [-0.4, -0.2) is 45.2 Å².